The highest BCUT2D eigenvalue weighted by Crippen LogP contribution is 2.32. The van der Waals surface area contributed by atoms with E-state index in [9.17, 15) is 22.9 Å². The van der Waals surface area contributed by atoms with Crippen molar-refractivity contribution in [1.29, 1.82) is 0 Å². The molecule has 0 aromatic heterocycles. The van der Waals surface area contributed by atoms with Gasteiger partial charge in [0.2, 0.25) is 0 Å². The lowest BCUT2D eigenvalue weighted by Crippen LogP contribution is -2.47. The molecule has 1 fully saturated rings. The molecule has 0 aliphatic carbocycles. The van der Waals surface area contributed by atoms with Gasteiger partial charge < -0.3 is 10.0 Å². The Morgan fingerprint density at radius 1 is 1.10 bits per heavy atom. The topological polar surface area (TPSA) is 104 Å². The molecule has 8 nitrogen and oxygen atoms in total. The maximum atomic E-state index is 13.3. The zero-order chi connectivity index (χ0) is 21.0. The molecule has 0 saturated carbocycles. The largest absolute Gasteiger partial charge is 0.395 e. The van der Waals surface area contributed by atoms with E-state index >= 15 is 0 Å². The van der Waals surface area contributed by atoms with Gasteiger partial charge in [-0.2, -0.15) is 0 Å². The minimum Gasteiger partial charge on any atom is -0.395 e. The van der Waals surface area contributed by atoms with Gasteiger partial charge >= 0.3 is 0 Å². The van der Waals surface area contributed by atoms with Gasteiger partial charge in [-0.25, -0.2) is 12.8 Å². The second-order valence-corrected chi connectivity index (χ2v) is 8.84. The predicted molar refractivity (Wildman–Crippen MR) is 106 cm³/mol. The van der Waals surface area contributed by atoms with Gasteiger partial charge in [-0.05, 0) is 29.8 Å². The molecule has 1 aliphatic rings. The zero-order valence-corrected chi connectivity index (χ0v) is 16.5. The lowest BCUT2D eigenvalue weighted by atomic mass is 10.2. The fourth-order valence-electron chi connectivity index (χ4n) is 3.39. The summed E-state index contributed by atoms with van der Waals surface area (Å²) in [7, 11) is -3.88. The minimum atomic E-state index is -3.88. The summed E-state index contributed by atoms with van der Waals surface area (Å²) < 4.78 is 38.7. The van der Waals surface area contributed by atoms with E-state index in [1.807, 2.05) is 4.90 Å². The fraction of sp³-hybridized carbons (Fsp3) is 0.368. The van der Waals surface area contributed by atoms with Gasteiger partial charge in [-0.15, -0.1) is 0 Å². The molecule has 1 heterocycles. The lowest BCUT2D eigenvalue weighted by Gasteiger charge is -2.35. The normalized spacial score (nSPS) is 15.4. The standard InChI is InChI=1S/C19H22FN3O5S/c20-16-3-1-2-15(12-16)14-29(27,28)17-4-5-18(19(13-17)23(25)26)22-8-6-21(7-9-22)10-11-24/h1-5,12-13,24H,6-11,14H2. The molecule has 0 bridgehead atoms. The van der Waals surface area contributed by atoms with Crippen LogP contribution in [0.1, 0.15) is 5.56 Å². The summed E-state index contributed by atoms with van der Waals surface area (Å²) in [5.74, 6) is -0.986. The molecule has 10 heteroatoms. The Kier molecular flexibility index (Phi) is 6.46. The molecule has 3 rings (SSSR count). The third-order valence-corrected chi connectivity index (χ3v) is 6.56. The Morgan fingerprint density at radius 2 is 1.83 bits per heavy atom. The van der Waals surface area contributed by atoms with Crippen LogP contribution in [-0.4, -0.2) is 62.7 Å². The number of piperazine rings is 1. The smallest absolute Gasteiger partial charge is 0.293 e. The van der Waals surface area contributed by atoms with Crippen molar-refractivity contribution < 1.29 is 22.8 Å². The number of anilines is 1. The molecule has 2 aromatic carbocycles. The summed E-state index contributed by atoms with van der Waals surface area (Å²) in [6, 6.07) is 9.15. The van der Waals surface area contributed by atoms with E-state index in [2.05, 4.69) is 4.90 Å². The molecular weight excluding hydrogens is 401 g/mol. The molecule has 0 radical (unpaired) electrons. The van der Waals surface area contributed by atoms with Gasteiger partial charge in [0, 0.05) is 38.8 Å². The number of hydrogen-bond donors (Lipinski definition) is 1. The van der Waals surface area contributed by atoms with Gasteiger partial charge in [-0.1, -0.05) is 12.1 Å². The average molecular weight is 423 g/mol. The van der Waals surface area contributed by atoms with Crippen LogP contribution >= 0.6 is 0 Å². The van der Waals surface area contributed by atoms with Crippen molar-refractivity contribution in [2.45, 2.75) is 10.6 Å². The van der Waals surface area contributed by atoms with Crippen LogP contribution in [0.15, 0.2) is 47.4 Å². The van der Waals surface area contributed by atoms with Gasteiger partial charge in [-0.3, -0.25) is 15.0 Å². The summed E-state index contributed by atoms with van der Waals surface area (Å²) >= 11 is 0. The van der Waals surface area contributed by atoms with Crippen LogP contribution in [0.2, 0.25) is 0 Å². The Labute approximate surface area is 168 Å². The molecule has 2 aromatic rings. The highest BCUT2D eigenvalue weighted by molar-refractivity contribution is 7.90. The number of hydrogen-bond acceptors (Lipinski definition) is 7. The Morgan fingerprint density at radius 3 is 2.45 bits per heavy atom. The zero-order valence-electron chi connectivity index (χ0n) is 15.7. The molecule has 1 aliphatic heterocycles. The van der Waals surface area contributed by atoms with E-state index in [-0.39, 0.29) is 22.8 Å². The number of nitro groups is 1. The molecule has 0 unspecified atom stereocenters. The van der Waals surface area contributed by atoms with Gasteiger partial charge in [0.05, 0.1) is 22.2 Å². The van der Waals surface area contributed by atoms with Crippen molar-refractivity contribution in [2.75, 3.05) is 44.2 Å². The number of halogens is 1. The van der Waals surface area contributed by atoms with Crippen molar-refractivity contribution >= 4 is 21.2 Å². The molecular formula is C19H22FN3O5S. The van der Waals surface area contributed by atoms with Crippen LogP contribution in [0.5, 0.6) is 0 Å². The van der Waals surface area contributed by atoms with Gasteiger partial charge in [0.1, 0.15) is 11.5 Å². The van der Waals surface area contributed by atoms with Crippen LogP contribution in [0.3, 0.4) is 0 Å². The van der Waals surface area contributed by atoms with E-state index in [4.69, 9.17) is 5.11 Å². The van der Waals surface area contributed by atoms with E-state index in [1.165, 1.54) is 30.3 Å². The second kappa shape index (κ2) is 8.85. The monoisotopic (exact) mass is 423 g/mol. The van der Waals surface area contributed by atoms with E-state index in [0.717, 1.165) is 12.1 Å². The highest BCUT2D eigenvalue weighted by atomic mass is 32.2. The summed E-state index contributed by atoms with van der Waals surface area (Å²) in [5.41, 5.74) is 0.362. The molecule has 0 spiro atoms. The van der Waals surface area contributed by atoms with Crippen molar-refractivity contribution in [3.05, 3.63) is 64.0 Å². The Hall–Kier alpha value is -2.56. The van der Waals surface area contributed by atoms with E-state index in [1.54, 1.807) is 0 Å². The first-order valence-electron chi connectivity index (χ1n) is 9.14. The molecule has 0 atom stereocenters. The molecule has 1 saturated heterocycles. The highest BCUT2D eigenvalue weighted by Gasteiger charge is 2.26. The Balaban J connectivity index is 1.85. The fourth-order valence-corrected chi connectivity index (χ4v) is 4.75. The lowest BCUT2D eigenvalue weighted by molar-refractivity contribution is -0.384. The first-order chi connectivity index (χ1) is 13.8. The van der Waals surface area contributed by atoms with E-state index < -0.39 is 26.3 Å². The van der Waals surface area contributed by atoms with Crippen molar-refractivity contribution in [3.63, 3.8) is 0 Å². The van der Waals surface area contributed by atoms with Crippen molar-refractivity contribution in [2.24, 2.45) is 0 Å². The third-order valence-electron chi connectivity index (χ3n) is 4.88. The Bertz CT molecular complexity index is 991. The molecule has 0 amide bonds. The molecule has 29 heavy (non-hydrogen) atoms. The number of aliphatic hydroxyl groups excluding tert-OH is 1. The SMILES string of the molecule is O=[N+]([O-])c1cc(S(=O)(=O)Cc2cccc(F)c2)ccc1N1CCN(CCO)CC1. The van der Waals surface area contributed by atoms with Crippen LogP contribution in [0.25, 0.3) is 0 Å². The van der Waals surface area contributed by atoms with Crippen LogP contribution in [-0.2, 0) is 15.6 Å². The molecule has 156 valence electrons. The number of aliphatic hydroxyl groups is 1. The van der Waals surface area contributed by atoms with Crippen molar-refractivity contribution in [3.8, 4) is 0 Å². The number of nitro benzene ring substituents is 1. The number of rotatable bonds is 7. The van der Waals surface area contributed by atoms with Crippen molar-refractivity contribution in [1.82, 2.24) is 4.90 Å². The quantitative estimate of drug-likeness (QED) is 0.535. The van der Waals surface area contributed by atoms with E-state index in [0.29, 0.717) is 38.4 Å². The van der Waals surface area contributed by atoms with Crippen LogP contribution in [0.4, 0.5) is 15.8 Å². The predicted octanol–water partition coefficient (Wildman–Crippen LogP) is 1.82. The number of nitrogens with zero attached hydrogens (tertiary/aromatic N) is 3. The van der Waals surface area contributed by atoms with Gasteiger partial charge in [0.15, 0.2) is 9.84 Å². The number of β-amino-alcohol motifs (C(OH)–C–C–N with tert-alkyl or cyclic N) is 1. The first kappa shape index (κ1) is 21.2. The van der Waals surface area contributed by atoms with Gasteiger partial charge in [0.25, 0.3) is 5.69 Å². The second-order valence-electron chi connectivity index (χ2n) is 6.85. The summed E-state index contributed by atoms with van der Waals surface area (Å²) in [6.45, 7) is 2.98. The average Bonchev–Trinajstić information content (AvgIpc) is 2.68. The maximum absolute atomic E-state index is 13.3. The first-order valence-corrected chi connectivity index (χ1v) is 10.8. The van der Waals surface area contributed by atoms with Crippen LogP contribution < -0.4 is 4.90 Å². The summed E-state index contributed by atoms with van der Waals surface area (Å²) in [5, 5.41) is 20.6. The molecule has 1 N–H and O–H groups in total. The third kappa shape index (κ3) is 5.08. The summed E-state index contributed by atoms with van der Waals surface area (Å²) in [4.78, 5) is 14.7. The number of benzene rings is 2. The maximum Gasteiger partial charge on any atom is 0.293 e. The summed E-state index contributed by atoms with van der Waals surface area (Å²) in [6.07, 6.45) is 0. The minimum absolute atomic E-state index is 0.0536. The number of sulfone groups is 1. The van der Waals surface area contributed by atoms with Crippen LogP contribution in [0, 0.1) is 15.9 Å².